The van der Waals surface area contributed by atoms with Crippen molar-refractivity contribution in [3.05, 3.63) is 71.8 Å². The Bertz CT molecular complexity index is 861. The first-order valence-corrected chi connectivity index (χ1v) is 11.6. The molecule has 2 unspecified atom stereocenters. The molecule has 7 nitrogen and oxygen atoms in total. The summed E-state index contributed by atoms with van der Waals surface area (Å²) in [5.41, 5.74) is 1.91. The van der Waals surface area contributed by atoms with E-state index in [2.05, 4.69) is 10.6 Å². The third-order valence-corrected chi connectivity index (χ3v) is 5.65. The molecule has 3 N–H and O–H groups in total. The lowest BCUT2D eigenvalue weighted by Crippen LogP contribution is -2.53. The van der Waals surface area contributed by atoms with Crippen LogP contribution in [-0.4, -0.2) is 40.9 Å². The average Bonchev–Trinajstić information content (AvgIpc) is 2.77. The monoisotopic (exact) mass is 458 g/mol. The lowest BCUT2D eigenvalue weighted by Gasteiger charge is -2.22. The molecule has 0 aromatic heterocycles. The molecule has 2 amide bonds. The first-order chi connectivity index (χ1) is 15.3. The minimum absolute atomic E-state index is 0.0727. The number of carbonyl (C=O) groups excluding carboxylic acids is 2. The van der Waals surface area contributed by atoms with Crippen molar-refractivity contribution in [2.45, 2.75) is 44.7 Å². The Hall–Kier alpha value is -3.00. The fraction of sp³-hybridized carbons (Fsp3) is 0.375. The minimum Gasteiger partial charge on any atom is -0.480 e. The normalized spacial score (nSPS) is 12.6. The molecule has 0 saturated carbocycles. The van der Waals surface area contributed by atoms with Crippen LogP contribution in [0.1, 0.15) is 31.4 Å². The van der Waals surface area contributed by atoms with Gasteiger partial charge in [-0.15, -0.1) is 0 Å². The molecule has 0 heterocycles. The molecular weight excluding hydrogens is 428 g/mol. The molecule has 0 saturated heterocycles. The van der Waals surface area contributed by atoms with E-state index in [-0.39, 0.29) is 18.3 Å². The van der Waals surface area contributed by atoms with Crippen molar-refractivity contribution in [2.24, 2.45) is 5.92 Å². The van der Waals surface area contributed by atoms with Crippen LogP contribution < -0.4 is 10.6 Å². The molecule has 0 bridgehead atoms. The van der Waals surface area contributed by atoms with E-state index in [1.807, 2.05) is 74.5 Å². The van der Waals surface area contributed by atoms with Crippen LogP contribution in [0.4, 0.5) is 4.79 Å². The molecule has 0 radical (unpaired) electrons. The fourth-order valence-electron chi connectivity index (χ4n) is 2.92. The van der Waals surface area contributed by atoms with E-state index in [0.717, 1.165) is 11.1 Å². The maximum absolute atomic E-state index is 12.8. The van der Waals surface area contributed by atoms with Gasteiger partial charge in [-0.1, -0.05) is 74.5 Å². The van der Waals surface area contributed by atoms with Gasteiger partial charge in [0.05, 0.1) is 0 Å². The van der Waals surface area contributed by atoms with Crippen LogP contribution in [0, 0.1) is 5.92 Å². The van der Waals surface area contributed by atoms with Gasteiger partial charge in [-0.2, -0.15) is 11.8 Å². The summed E-state index contributed by atoms with van der Waals surface area (Å²) in [6, 6.07) is 17.0. The molecule has 0 aliphatic rings. The van der Waals surface area contributed by atoms with E-state index >= 15 is 0 Å². The number of nitrogens with one attached hydrogen (secondary N) is 2. The standard InChI is InChI=1S/C24H30N2O5S/c1-17(2)13-20(23(28)29)25-22(27)21(16-32-15-19-11-7-4-8-12-19)26-24(30)31-14-18-9-5-3-6-10-18/h3-12,17,20-21H,13-16H2,1-2H3,(H,25,27)(H,26,30)(H,28,29). The van der Waals surface area contributed by atoms with Crippen LogP contribution in [0.5, 0.6) is 0 Å². The summed E-state index contributed by atoms with van der Waals surface area (Å²) in [5, 5.41) is 14.6. The summed E-state index contributed by atoms with van der Waals surface area (Å²) >= 11 is 1.47. The number of hydrogen-bond donors (Lipinski definition) is 3. The molecule has 2 rings (SSSR count). The predicted molar refractivity (Wildman–Crippen MR) is 125 cm³/mol. The molecule has 172 valence electrons. The van der Waals surface area contributed by atoms with E-state index in [9.17, 15) is 19.5 Å². The molecule has 0 fully saturated rings. The third kappa shape index (κ3) is 9.43. The molecule has 2 atom stereocenters. The number of benzene rings is 2. The average molecular weight is 459 g/mol. The zero-order valence-electron chi connectivity index (χ0n) is 18.3. The maximum atomic E-state index is 12.8. The number of amides is 2. The van der Waals surface area contributed by atoms with Gasteiger partial charge in [0.1, 0.15) is 18.7 Å². The molecule has 0 aliphatic heterocycles. The first-order valence-electron chi connectivity index (χ1n) is 10.5. The highest BCUT2D eigenvalue weighted by Crippen LogP contribution is 2.14. The van der Waals surface area contributed by atoms with Crippen LogP contribution in [0.2, 0.25) is 0 Å². The van der Waals surface area contributed by atoms with Gasteiger partial charge in [-0.25, -0.2) is 9.59 Å². The second kappa shape index (κ2) is 13.4. The van der Waals surface area contributed by atoms with Crippen LogP contribution >= 0.6 is 11.8 Å². The molecule has 32 heavy (non-hydrogen) atoms. The topological polar surface area (TPSA) is 105 Å². The summed E-state index contributed by atoms with van der Waals surface area (Å²) in [5.74, 6) is -0.634. The number of alkyl carbamates (subject to hydrolysis) is 1. The van der Waals surface area contributed by atoms with Crippen molar-refractivity contribution >= 4 is 29.7 Å². The Morgan fingerprint density at radius 3 is 2.06 bits per heavy atom. The Labute approximate surface area is 192 Å². The Morgan fingerprint density at radius 1 is 0.906 bits per heavy atom. The van der Waals surface area contributed by atoms with Gasteiger partial charge in [-0.05, 0) is 23.5 Å². The number of aliphatic carboxylic acids is 1. The van der Waals surface area contributed by atoms with Gasteiger partial charge in [-0.3, -0.25) is 4.79 Å². The highest BCUT2D eigenvalue weighted by atomic mass is 32.2. The zero-order valence-corrected chi connectivity index (χ0v) is 19.1. The van der Waals surface area contributed by atoms with E-state index < -0.39 is 30.1 Å². The van der Waals surface area contributed by atoms with Crippen molar-refractivity contribution in [3.8, 4) is 0 Å². The molecule has 0 aliphatic carbocycles. The summed E-state index contributed by atoms with van der Waals surface area (Å²) in [6.07, 6.45) is -0.436. The number of carbonyl (C=O) groups is 3. The van der Waals surface area contributed by atoms with Crippen LogP contribution in [0.15, 0.2) is 60.7 Å². The van der Waals surface area contributed by atoms with E-state index in [1.165, 1.54) is 11.8 Å². The molecule has 0 spiro atoms. The molecule has 2 aromatic carbocycles. The van der Waals surface area contributed by atoms with Gasteiger partial charge >= 0.3 is 12.1 Å². The number of thioether (sulfide) groups is 1. The van der Waals surface area contributed by atoms with Gasteiger partial charge in [0, 0.05) is 11.5 Å². The Morgan fingerprint density at radius 2 is 1.50 bits per heavy atom. The minimum atomic E-state index is -1.10. The van der Waals surface area contributed by atoms with Crippen LogP contribution in [0.3, 0.4) is 0 Å². The zero-order chi connectivity index (χ0) is 23.3. The third-order valence-electron chi connectivity index (χ3n) is 4.54. The van der Waals surface area contributed by atoms with Crippen molar-refractivity contribution in [2.75, 3.05) is 5.75 Å². The van der Waals surface area contributed by atoms with Gasteiger partial charge in [0.25, 0.3) is 0 Å². The highest BCUT2D eigenvalue weighted by molar-refractivity contribution is 7.98. The number of ether oxygens (including phenoxy) is 1. The lowest BCUT2D eigenvalue weighted by atomic mass is 10.0. The maximum Gasteiger partial charge on any atom is 0.408 e. The Balaban J connectivity index is 1.98. The van der Waals surface area contributed by atoms with Crippen LogP contribution in [-0.2, 0) is 26.7 Å². The second-order valence-corrected chi connectivity index (χ2v) is 8.82. The quantitative estimate of drug-likeness (QED) is 0.447. The van der Waals surface area contributed by atoms with Gasteiger partial charge in [0.2, 0.25) is 5.91 Å². The second-order valence-electron chi connectivity index (χ2n) is 7.79. The summed E-state index contributed by atoms with van der Waals surface area (Å²) < 4.78 is 5.23. The first kappa shape index (κ1) is 25.3. The molecule has 2 aromatic rings. The van der Waals surface area contributed by atoms with Crippen molar-refractivity contribution in [1.82, 2.24) is 10.6 Å². The number of carboxylic acids is 1. The predicted octanol–water partition coefficient (Wildman–Crippen LogP) is 3.83. The van der Waals surface area contributed by atoms with Crippen LogP contribution in [0.25, 0.3) is 0 Å². The highest BCUT2D eigenvalue weighted by Gasteiger charge is 2.27. The number of hydrogen-bond acceptors (Lipinski definition) is 5. The molecular formula is C24H30N2O5S. The number of carboxylic acid groups (broad SMARTS) is 1. The van der Waals surface area contributed by atoms with E-state index in [1.54, 1.807) is 0 Å². The summed E-state index contributed by atoms with van der Waals surface area (Å²) in [4.78, 5) is 36.7. The van der Waals surface area contributed by atoms with Crippen molar-refractivity contribution in [1.29, 1.82) is 0 Å². The van der Waals surface area contributed by atoms with Crippen molar-refractivity contribution < 1.29 is 24.2 Å². The Kier molecular flexibility index (Phi) is 10.6. The SMILES string of the molecule is CC(C)CC(NC(=O)C(CSCc1ccccc1)NC(=O)OCc1ccccc1)C(=O)O. The summed E-state index contributed by atoms with van der Waals surface area (Å²) in [6.45, 7) is 3.84. The van der Waals surface area contributed by atoms with Gasteiger partial charge < -0.3 is 20.5 Å². The van der Waals surface area contributed by atoms with Crippen molar-refractivity contribution in [3.63, 3.8) is 0 Å². The smallest absolute Gasteiger partial charge is 0.408 e. The van der Waals surface area contributed by atoms with E-state index in [0.29, 0.717) is 12.2 Å². The molecule has 8 heteroatoms. The number of rotatable bonds is 12. The largest absolute Gasteiger partial charge is 0.480 e. The summed E-state index contributed by atoms with van der Waals surface area (Å²) in [7, 11) is 0. The lowest BCUT2D eigenvalue weighted by molar-refractivity contribution is -0.142. The fourth-order valence-corrected chi connectivity index (χ4v) is 3.94. The van der Waals surface area contributed by atoms with E-state index in [4.69, 9.17) is 4.74 Å². The van der Waals surface area contributed by atoms with Gasteiger partial charge in [0.15, 0.2) is 0 Å².